The molecule has 0 spiro atoms. The van der Waals surface area contributed by atoms with Crippen molar-refractivity contribution in [3.63, 3.8) is 0 Å². The number of amidine groups is 1. The molecule has 0 radical (unpaired) electrons. The molecule has 1 fully saturated rings. The molecule has 54 heavy (non-hydrogen) atoms. The number of nitriles is 1. The molecule has 2 unspecified atom stereocenters. The van der Waals surface area contributed by atoms with Gasteiger partial charge in [-0.15, -0.1) is 0 Å². The number of methoxy groups -OCH3 is 2. The molecular formula is C40H47Cl3N6O5. The zero-order valence-corrected chi connectivity index (χ0v) is 33.6. The maximum absolute atomic E-state index is 15.1. The number of amides is 3. The van der Waals surface area contributed by atoms with E-state index in [1.165, 1.54) is 0 Å². The monoisotopic (exact) mass is 796 g/mol. The fourth-order valence-corrected chi connectivity index (χ4v) is 7.35. The summed E-state index contributed by atoms with van der Waals surface area (Å²) >= 11 is 19.6. The molecule has 0 aliphatic carbocycles. The van der Waals surface area contributed by atoms with Gasteiger partial charge in [0.25, 0.3) is 0 Å². The number of nitrogens with zero attached hydrogens (tertiary/aromatic N) is 6. The second-order valence-corrected chi connectivity index (χ2v) is 15.0. The number of aliphatic imine (C=N–C) groups is 1. The predicted molar refractivity (Wildman–Crippen MR) is 212 cm³/mol. The van der Waals surface area contributed by atoms with E-state index in [0.29, 0.717) is 96.9 Å². The highest BCUT2D eigenvalue weighted by molar-refractivity contribution is 6.32. The van der Waals surface area contributed by atoms with Crippen molar-refractivity contribution in [1.82, 2.24) is 19.6 Å². The third-order valence-corrected chi connectivity index (χ3v) is 10.6. The molecule has 288 valence electrons. The van der Waals surface area contributed by atoms with Crippen molar-refractivity contribution in [2.45, 2.75) is 38.3 Å². The first kappa shape index (κ1) is 41.3. The van der Waals surface area contributed by atoms with Crippen molar-refractivity contribution < 1.29 is 23.8 Å². The lowest BCUT2D eigenvalue weighted by molar-refractivity contribution is -0.134. The molecule has 2 aliphatic rings. The van der Waals surface area contributed by atoms with Crippen LogP contribution in [0.15, 0.2) is 65.7 Å². The van der Waals surface area contributed by atoms with Gasteiger partial charge < -0.3 is 24.0 Å². The van der Waals surface area contributed by atoms with E-state index in [1.807, 2.05) is 43.3 Å². The van der Waals surface area contributed by atoms with E-state index in [2.05, 4.69) is 11.0 Å². The summed E-state index contributed by atoms with van der Waals surface area (Å²) in [4.78, 5) is 41.0. The SMILES string of the molecule is CCOc1cc(C(C)(C)C#N)c(Cl)cc1C1=NC(c2ccc(Cl)cc2)C(c2ccc(Cl)cc2)N1C(=O)N1CCN(CC(=O)N(CCOC)CCOC)CC1. The lowest BCUT2D eigenvalue weighted by Gasteiger charge is -2.39. The lowest BCUT2D eigenvalue weighted by atomic mass is 9.85. The van der Waals surface area contributed by atoms with Crippen molar-refractivity contribution in [1.29, 1.82) is 5.26 Å². The molecule has 5 rings (SSSR count). The Morgan fingerprint density at radius 3 is 2.02 bits per heavy atom. The normalized spacial score (nSPS) is 17.6. The Morgan fingerprint density at radius 1 is 0.907 bits per heavy atom. The van der Waals surface area contributed by atoms with E-state index in [4.69, 9.17) is 54.0 Å². The molecule has 3 aromatic carbocycles. The lowest BCUT2D eigenvalue weighted by Crippen LogP contribution is -2.55. The fraction of sp³-hybridized carbons (Fsp3) is 0.450. The van der Waals surface area contributed by atoms with Crippen LogP contribution in [0.2, 0.25) is 15.1 Å². The molecule has 0 N–H and O–H groups in total. The van der Waals surface area contributed by atoms with Crippen LogP contribution in [0.4, 0.5) is 4.79 Å². The Bertz CT molecular complexity index is 1830. The highest BCUT2D eigenvalue weighted by atomic mass is 35.5. The van der Waals surface area contributed by atoms with Crippen LogP contribution in [0, 0.1) is 11.3 Å². The summed E-state index contributed by atoms with van der Waals surface area (Å²) in [6.07, 6.45) is 0. The Labute approximate surface area is 332 Å². The van der Waals surface area contributed by atoms with Crippen molar-refractivity contribution >= 4 is 52.6 Å². The van der Waals surface area contributed by atoms with Gasteiger partial charge in [0.15, 0.2) is 0 Å². The highest BCUT2D eigenvalue weighted by Gasteiger charge is 2.45. The van der Waals surface area contributed by atoms with Crippen LogP contribution < -0.4 is 4.74 Å². The first-order valence-corrected chi connectivity index (χ1v) is 19.1. The summed E-state index contributed by atoms with van der Waals surface area (Å²) in [5.41, 5.74) is 1.91. The van der Waals surface area contributed by atoms with Crippen LogP contribution in [0.25, 0.3) is 0 Å². The minimum Gasteiger partial charge on any atom is -0.493 e. The van der Waals surface area contributed by atoms with E-state index in [-0.39, 0.29) is 18.5 Å². The smallest absolute Gasteiger partial charge is 0.326 e. The van der Waals surface area contributed by atoms with Crippen LogP contribution in [-0.2, 0) is 19.7 Å². The van der Waals surface area contributed by atoms with Gasteiger partial charge in [-0.05, 0) is 73.9 Å². The van der Waals surface area contributed by atoms with Gasteiger partial charge in [-0.25, -0.2) is 4.79 Å². The van der Waals surface area contributed by atoms with Crippen LogP contribution >= 0.6 is 34.8 Å². The van der Waals surface area contributed by atoms with Gasteiger partial charge in [0.1, 0.15) is 17.6 Å². The number of carbonyl (C=O) groups excluding carboxylic acids is 2. The number of piperazine rings is 1. The molecule has 3 aromatic rings. The zero-order valence-electron chi connectivity index (χ0n) is 31.4. The first-order valence-electron chi connectivity index (χ1n) is 18.0. The largest absolute Gasteiger partial charge is 0.493 e. The van der Waals surface area contributed by atoms with Gasteiger partial charge >= 0.3 is 6.03 Å². The number of hydrogen-bond donors (Lipinski definition) is 0. The van der Waals surface area contributed by atoms with E-state index < -0.39 is 17.5 Å². The summed E-state index contributed by atoms with van der Waals surface area (Å²) in [7, 11) is 3.22. The number of ether oxygens (including phenoxy) is 3. The second kappa shape index (κ2) is 18.6. The number of rotatable bonds is 14. The Hall–Kier alpha value is -3.89. The summed E-state index contributed by atoms with van der Waals surface area (Å²) in [5, 5.41) is 11.5. The molecule has 0 bridgehead atoms. The Kier molecular flexibility index (Phi) is 14.2. The first-order chi connectivity index (χ1) is 25.9. The minimum absolute atomic E-state index is 0.0187. The average molecular weight is 798 g/mol. The molecule has 2 heterocycles. The fourth-order valence-electron chi connectivity index (χ4n) is 6.70. The van der Waals surface area contributed by atoms with Crippen LogP contribution in [0.1, 0.15) is 55.1 Å². The summed E-state index contributed by atoms with van der Waals surface area (Å²) in [5.74, 6) is 0.823. The van der Waals surface area contributed by atoms with Crippen molar-refractivity contribution in [3.8, 4) is 11.8 Å². The van der Waals surface area contributed by atoms with Gasteiger partial charge in [-0.1, -0.05) is 59.1 Å². The van der Waals surface area contributed by atoms with Crippen LogP contribution in [-0.4, -0.2) is 117 Å². The van der Waals surface area contributed by atoms with Gasteiger partial charge in [0.05, 0.1) is 49.5 Å². The number of halogens is 3. The van der Waals surface area contributed by atoms with Crippen molar-refractivity contribution in [2.75, 3.05) is 79.9 Å². The summed E-state index contributed by atoms with van der Waals surface area (Å²) in [6.45, 7) is 9.59. The number of urea groups is 1. The molecule has 11 nitrogen and oxygen atoms in total. The molecule has 0 saturated carbocycles. The van der Waals surface area contributed by atoms with E-state index in [0.717, 1.165) is 11.1 Å². The van der Waals surface area contributed by atoms with Crippen LogP contribution in [0.3, 0.4) is 0 Å². The molecule has 3 amide bonds. The number of carbonyl (C=O) groups is 2. The predicted octanol–water partition coefficient (Wildman–Crippen LogP) is 7.25. The highest BCUT2D eigenvalue weighted by Crippen LogP contribution is 2.46. The van der Waals surface area contributed by atoms with Gasteiger partial charge in [-0.2, -0.15) is 5.26 Å². The summed E-state index contributed by atoms with van der Waals surface area (Å²) < 4.78 is 16.6. The minimum atomic E-state index is -0.905. The van der Waals surface area contributed by atoms with Crippen molar-refractivity contribution in [3.05, 3.63) is 98.0 Å². The molecule has 2 atom stereocenters. The van der Waals surface area contributed by atoms with E-state index >= 15 is 4.79 Å². The third-order valence-electron chi connectivity index (χ3n) is 9.74. The van der Waals surface area contributed by atoms with Crippen molar-refractivity contribution in [2.24, 2.45) is 4.99 Å². The maximum atomic E-state index is 15.1. The standard InChI is InChI=1S/C40H47Cl3N6O5/c1-6-54-34-24-32(40(2,3)26-44)33(43)23-31(34)38-45-36(27-7-11-29(41)12-8-27)37(28-9-13-30(42)14-10-28)49(38)39(51)48-17-15-46(16-18-48)25-35(50)47(19-21-52-4)20-22-53-5/h7-14,23-24,36-37H,6,15-22,25H2,1-5H3. The third kappa shape index (κ3) is 9.48. The topological polar surface area (TPSA) is 111 Å². The average Bonchev–Trinajstić information content (AvgIpc) is 3.56. The quantitative estimate of drug-likeness (QED) is 0.169. The molecule has 1 saturated heterocycles. The Balaban J connectivity index is 1.54. The molecule has 14 heteroatoms. The zero-order chi connectivity index (χ0) is 39.0. The molecule has 2 aliphatic heterocycles. The van der Waals surface area contributed by atoms with Gasteiger partial charge in [-0.3, -0.25) is 19.6 Å². The summed E-state index contributed by atoms with van der Waals surface area (Å²) in [6, 6.07) is 19.4. The number of benzene rings is 3. The number of hydrogen-bond acceptors (Lipinski definition) is 8. The van der Waals surface area contributed by atoms with Gasteiger partial charge in [0.2, 0.25) is 5.91 Å². The van der Waals surface area contributed by atoms with Crippen LogP contribution in [0.5, 0.6) is 5.75 Å². The van der Waals surface area contributed by atoms with Gasteiger partial charge in [0, 0.05) is 68.6 Å². The maximum Gasteiger partial charge on any atom is 0.326 e. The molecular weight excluding hydrogens is 751 g/mol. The Morgan fingerprint density at radius 2 is 1.48 bits per heavy atom. The second-order valence-electron chi connectivity index (χ2n) is 13.7. The molecule has 0 aromatic heterocycles. The van der Waals surface area contributed by atoms with E-state index in [1.54, 1.807) is 67.0 Å². The van der Waals surface area contributed by atoms with E-state index in [9.17, 15) is 10.1 Å².